The third kappa shape index (κ3) is 4.55. The molecule has 7 nitrogen and oxygen atoms in total. The Bertz CT molecular complexity index is 1020. The maximum absolute atomic E-state index is 12.7. The highest BCUT2D eigenvalue weighted by Crippen LogP contribution is 2.33. The fraction of sp³-hybridized carbons (Fsp3) is 0.375. The molecule has 0 bridgehead atoms. The Hall–Kier alpha value is -3.35. The van der Waals surface area contributed by atoms with Crippen LogP contribution < -0.4 is 14.4 Å². The highest BCUT2D eigenvalue weighted by molar-refractivity contribution is 5.96. The van der Waals surface area contributed by atoms with E-state index in [1.165, 1.54) is 18.4 Å². The van der Waals surface area contributed by atoms with E-state index < -0.39 is 0 Å². The standard InChI is InChI=1S/C24H27N3O4/c1-4-5-6-16-7-9-19(10-8-16)27-15-18(13-22(27)28)23-25-24(31-26-23)17-11-20(29-2)14-21(12-17)30-3/h7-12,14,18H,4-6,13,15H2,1-3H3. The number of carbonyl (C=O) groups is 1. The van der Waals surface area contributed by atoms with Gasteiger partial charge in [0, 0.05) is 36.2 Å². The van der Waals surface area contributed by atoms with Crippen molar-refractivity contribution in [1.29, 1.82) is 0 Å². The lowest BCUT2D eigenvalue weighted by Gasteiger charge is -2.16. The summed E-state index contributed by atoms with van der Waals surface area (Å²) in [5.74, 6) is 2.14. The molecule has 0 N–H and O–H groups in total. The lowest BCUT2D eigenvalue weighted by molar-refractivity contribution is -0.117. The molecular weight excluding hydrogens is 394 g/mol. The van der Waals surface area contributed by atoms with Gasteiger partial charge in [0.05, 0.1) is 14.2 Å². The zero-order chi connectivity index (χ0) is 21.8. The zero-order valence-electron chi connectivity index (χ0n) is 18.1. The fourth-order valence-corrected chi connectivity index (χ4v) is 3.80. The SMILES string of the molecule is CCCCc1ccc(N2CC(c3noc(-c4cc(OC)cc(OC)c4)n3)CC2=O)cc1. The molecule has 0 radical (unpaired) electrons. The Morgan fingerprint density at radius 2 is 1.81 bits per heavy atom. The topological polar surface area (TPSA) is 77.7 Å². The van der Waals surface area contributed by atoms with Gasteiger partial charge in [-0.1, -0.05) is 30.6 Å². The number of hydrogen-bond donors (Lipinski definition) is 0. The lowest BCUT2D eigenvalue weighted by atomic mass is 10.1. The molecule has 3 aromatic rings. The van der Waals surface area contributed by atoms with Gasteiger partial charge in [-0.15, -0.1) is 0 Å². The average Bonchev–Trinajstić information content (AvgIpc) is 3.44. The summed E-state index contributed by atoms with van der Waals surface area (Å²) in [6, 6.07) is 13.7. The molecular formula is C24H27N3O4. The predicted molar refractivity (Wildman–Crippen MR) is 118 cm³/mol. The number of amides is 1. The Labute approximate surface area is 182 Å². The Balaban J connectivity index is 1.50. The summed E-state index contributed by atoms with van der Waals surface area (Å²) in [7, 11) is 3.18. The molecule has 1 atom stereocenters. The van der Waals surface area contributed by atoms with E-state index in [4.69, 9.17) is 14.0 Å². The van der Waals surface area contributed by atoms with E-state index in [-0.39, 0.29) is 11.8 Å². The van der Waals surface area contributed by atoms with Crippen LogP contribution in [0.4, 0.5) is 5.69 Å². The van der Waals surface area contributed by atoms with E-state index in [0.29, 0.717) is 41.7 Å². The summed E-state index contributed by atoms with van der Waals surface area (Å²) in [4.78, 5) is 19.0. The van der Waals surface area contributed by atoms with Crippen LogP contribution in [-0.2, 0) is 11.2 Å². The van der Waals surface area contributed by atoms with Crippen molar-refractivity contribution in [3.8, 4) is 23.0 Å². The Morgan fingerprint density at radius 1 is 1.10 bits per heavy atom. The highest BCUT2D eigenvalue weighted by atomic mass is 16.5. The third-order valence-corrected chi connectivity index (χ3v) is 5.60. The molecule has 1 fully saturated rings. The molecule has 0 saturated carbocycles. The van der Waals surface area contributed by atoms with Gasteiger partial charge in [0.2, 0.25) is 5.91 Å². The van der Waals surface area contributed by atoms with Crippen LogP contribution in [-0.4, -0.2) is 36.8 Å². The summed E-state index contributed by atoms with van der Waals surface area (Å²) in [6.45, 7) is 2.72. The number of anilines is 1. The van der Waals surface area contributed by atoms with Crippen LogP contribution >= 0.6 is 0 Å². The molecule has 2 aromatic carbocycles. The number of unbranched alkanes of at least 4 members (excludes halogenated alkanes) is 1. The first-order valence-corrected chi connectivity index (χ1v) is 10.6. The summed E-state index contributed by atoms with van der Waals surface area (Å²) in [5.41, 5.74) is 2.91. The molecule has 1 saturated heterocycles. The number of nitrogens with zero attached hydrogens (tertiary/aromatic N) is 3. The molecule has 1 amide bonds. The van der Waals surface area contributed by atoms with Gasteiger partial charge in [0.15, 0.2) is 5.82 Å². The van der Waals surface area contributed by atoms with Gasteiger partial charge in [-0.3, -0.25) is 4.79 Å². The second-order valence-electron chi connectivity index (χ2n) is 7.73. The fourth-order valence-electron chi connectivity index (χ4n) is 3.80. The van der Waals surface area contributed by atoms with Crippen LogP contribution in [0, 0.1) is 0 Å². The lowest BCUT2D eigenvalue weighted by Crippen LogP contribution is -2.24. The van der Waals surface area contributed by atoms with E-state index in [1.807, 2.05) is 24.3 Å². The molecule has 1 aliphatic rings. The van der Waals surface area contributed by atoms with Gasteiger partial charge >= 0.3 is 0 Å². The summed E-state index contributed by atoms with van der Waals surface area (Å²) in [6.07, 6.45) is 3.76. The van der Waals surface area contributed by atoms with Crippen LogP contribution in [0.15, 0.2) is 47.0 Å². The number of benzene rings is 2. The monoisotopic (exact) mass is 421 g/mol. The minimum absolute atomic E-state index is 0.0701. The smallest absolute Gasteiger partial charge is 0.258 e. The van der Waals surface area contributed by atoms with Crippen LogP contribution in [0.25, 0.3) is 11.5 Å². The van der Waals surface area contributed by atoms with Crippen molar-refractivity contribution in [2.24, 2.45) is 0 Å². The van der Waals surface area contributed by atoms with Gasteiger partial charge in [0.25, 0.3) is 5.89 Å². The molecule has 1 aromatic heterocycles. The minimum atomic E-state index is -0.114. The van der Waals surface area contributed by atoms with Gasteiger partial charge < -0.3 is 18.9 Å². The van der Waals surface area contributed by atoms with Gasteiger partial charge in [-0.05, 0) is 42.7 Å². The largest absolute Gasteiger partial charge is 0.497 e. The van der Waals surface area contributed by atoms with Crippen LogP contribution in [0.3, 0.4) is 0 Å². The number of aryl methyl sites for hydroxylation is 1. The van der Waals surface area contributed by atoms with Crippen molar-refractivity contribution in [2.45, 2.75) is 38.5 Å². The molecule has 4 rings (SSSR count). The number of carbonyl (C=O) groups excluding carboxylic acids is 1. The maximum Gasteiger partial charge on any atom is 0.258 e. The molecule has 7 heteroatoms. The predicted octanol–water partition coefficient (Wildman–Crippen LogP) is 4.62. The molecule has 0 aliphatic carbocycles. The number of aromatic nitrogens is 2. The van der Waals surface area contributed by atoms with Crippen molar-refractivity contribution in [3.05, 3.63) is 53.9 Å². The van der Waals surface area contributed by atoms with Gasteiger partial charge in [0.1, 0.15) is 11.5 Å². The molecule has 31 heavy (non-hydrogen) atoms. The first-order valence-electron chi connectivity index (χ1n) is 10.6. The van der Waals surface area contributed by atoms with Crippen molar-refractivity contribution in [2.75, 3.05) is 25.7 Å². The molecule has 1 aliphatic heterocycles. The third-order valence-electron chi connectivity index (χ3n) is 5.60. The zero-order valence-corrected chi connectivity index (χ0v) is 18.1. The van der Waals surface area contributed by atoms with E-state index in [0.717, 1.165) is 12.1 Å². The number of rotatable bonds is 8. The maximum atomic E-state index is 12.7. The summed E-state index contributed by atoms with van der Waals surface area (Å²) < 4.78 is 16.1. The second kappa shape index (κ2) is 9.20. The van der Waals surface area contributed by atoms with Crippen LogP contribution in [0.5, 0.6) is 11.5 Å². The van der Waals surface area contributed by atoms with E-state index in [9.17, 15) is 4.79 Å². The Morgan fingerprint density at radius 3 is 2.45 bits per heavy atom. The minimum Gasteiger partial charge on any atom is -0.497 e. The molecule has 1 unspecified atom stereocenters. The van der Waals surface area contributed by atoms with Crippen molar-refractivity contribution < 1.29 is 18.8 Å². The van der Waals surface area contributed by atoms with Crippen molar-refractivity contribution in [1.82, 2.24) is 10.1 Å². The quantitative estimate of drug-likeness (QED) is 0.528. The van der Waals surface area contributed by atoms with E-state index in [2.05, 4.69) is 29.2 Å². The van der Waals surface area contributed by atoms with Gasteiger partial charge in [-0.2, -0.15) is 4.98 Å². The normalized spacial score (nSPS) is 16.0. The van der Waals surface area contributed by atoms with Crippen molar-refractivity contribution in [3.63, 3.8) is 0 Å². The highest BCUT2D eigenvalue weighted by Gasteiger charge is 2.34. The first-order chi connectivity index (χ1) is 15.1. The van der Waals surface area contributed by atoms with E-state index >= 15 is 0 Å². The molecule has 2 heterocycles. The second-order valence-corrected chi connectivity index (χ2v) is 7.73. The molecule has 162 valence electrons. The first kappa shape index (κ1) is 20.9. The van der Waals surface area contributed by atoms with Crippen molar-refractivity contribution >= 4 is 11.6 Å². The number of ether oxygens (including phenoxy) is 2. The van der Waals surface area contributed by atoms with E-state index in [1.54, 1.807) is 25.2 Å². The summed E-state index contributed by atoms with van der Waals surface area (Å²) in [5, 5.41) is 4.15. The number of methoxy groups -OCH3 is 2. The van der Waals surface area contributed by atoms with Crippen LogP contribution in [0.1, 0.15) is 43.5 Å². The Kier molecular flexibility index (Phi) is 6.21. The van der Waals surface area contributed by atoms with Gasteiger partial charge in [-0.25, -0.2) is 0 Å². The van der Waals surface area contributed by atoms with Crippen LogP contribution in [0.2, 0.25) is 0 Å². The number of hydrogen-bond acceptors (Lipinski definition) is 6. The average molecular weight is 421 g/mol. The molecule has 0 spiro atoms. The summed E-state index contributed by atoms with van der Waals surface area (Å²) >= 11 is 0.